The van der Waals surface area contributed by atoms with Gasteiger partial charge in [0.15, 0.2) is 0 Å². The average molecular weight is 205 g/mol. The molecule has 1 aromatic rings. The lowest BCUT2D eigenvalue weighted by atomic mass is 10.4. The largest absolute Gasteiger partial charge is 0.362 e. The molecule has 0 fully saturated rings. The monoisotopic (exact) mass is 204 g/mol. The van der Waals surface area contributed by atoms with Crippen LogP contribution in [0, 0.1) is 0 Å². The molecule has 2 N–H and O–H groups in total. The minimum Gasteiger partial charge on any atom is -0.362 e. The maximum atomic E-state index is 10.8. The van der Waals surface area contributed by atoms with E-state index in [0.717, 1.165) is 5.06 Å². The van der Waals surface area contributed by atoms with Gasteiger partial charge in [0.05, 0.1) is 5.02 Å². The van der Waals surface area contributed by atoms with Gasteiger partial charge in [0, 0.05) is 19.4 Å². The van der Waals surface area contributed by atoms with Crippen LogP contribution in [0.25, 0.3) is 0 Å². The number of nitrogens with zero attached hydrogens (tertiary/aromatic N) is 1. The van der Waals surface area contributed by atoms with E-state index in [1.807, 2.05) is 0 Å². The lowest BCUT2D eigenvalue weighted by molar-refractivity contribution is 0.109. The Morgan fingerprint density at radius 2 is 2.46 bits per heavy atom. The molecular formula is C7H9ClN2O3. The van der Waals surface area contributed by atoms with Gasteiger partial charge in [0.1, 0.15) is 12.4 Å². The summed E-state index contributed by atoms with van der Waals surface area (Å²) in [6, 6.07) is 1.18. The molecule has 0 aliphatic heterocycles. The van der Waals surface area contributed by atoms with Crippen molar-refractivity contribution in [2.24, 2.45) is 0 Å². The molecule has 0 aliphatic carbocycles. The van der Waals surface area contributed by atoms with Crippen molar-refractivity contribution in [3.05, 3.63) is 27.6 Å². The van der Waals surface area contributed by atoms with Gasteiger partial charge in [-0.1, -0.05) is 11.6 Å². The van der Waals surface area contributed by atoms with Crippen LogP contribution in [0.2, 0.25) is 5.02 Å². The van der Waals surface area contributed by atoms with Crippen molar-refractivity contribution in [1.82, 2.24) is 4.98 Å². The van der Waals surface area contributed by atoms with E-state index in [1.165, 1.54) is 19.4 Å². The molecule has 0 radical (unpaired) electrons. The maximum absolute atomic E-state index is 10.8. The normalized spacial score (nSPS) is 10.1. The molecule has 72 valence electrons. The number of hydrogen-bond acceptors (Lipinski definition) is 4. The van der Waals surface area contributed by atoms with E-state index in [2.05, 4.69) is 9.72 Å². The second-order valence-electron chi connectivity index (χ2n) is 2.35. The number of rotatable bonds is 3. The number of ether oxygens (including phenoxy) is 1. The number of halogens is 1. The summed E-state index contributed by atoms with van der Waals surface area (Å²) in [6.45, 7) is -0.0221. The highest BCUT2D eigenvalue weighted by Crippen LogP contribution is 2.20. The molecule has 0 spiro atoms. The first-order valence-electron chi connectivity index (χ1n) is 3.48. The van der Waals surface area contributed by atoms with Gasteiger partial charge in [-0.2, -0.15) is 0 Å². The minimum absolute atomic E-state index is 0.0221. The molecule has 0 saturated heterocycles. The zero-order valence-corrected chi connectivity index (χ0v) is 7.71. The van der Waals surface area contributed by atoms with E-state index in [0.29, 0.717) is 5.69 Å². The summed E-state index contributed by atoms with van der Waals surface area (Å²) in [5.74, 6) is 0. The topological polar surface area (TPSA) is 65.6 Å². The first-order chi connectivity index (χ1) is 6.15. The molecule has 6 heteroatoms. The highest BCUT2D eigenvalue weighted by Gasteiger charge is 2.07. The molecule has 0 bridgehead atoms. The zero-order chi connectivity index (χ0) is 9.84. The maximum Gasteiger partial charge on any atom is 0.249 e. The van der Waals surface area contributed by atoms with Crippen molar-refractivity contribution in [2.75, 3.05) is 18.9 Å². The predicted octanol–water partition coefficient (Wildman–Crippen LogP) is 0.828. The van der Waals surface area contributed by atoms with Gasteiger partial charge in [0.25, 0.3) is 0 Å². The number of methoxy groups -OCH3 is 1. The average Bonchev–Trinajstić information content (AvgIpc) is 2.04. The fourth-order valence-electron chi connectivity index (χ4n) is 0.829. The summed E-state index contributed by atoms with van der Waals surface area (Å²) in [7, 11) is 1.43. The molecule has 1 heterocycles. The molecule has 0 aliphatic rings. The van der Waals surface area contributed by atoms with Crippen LogP contribution in [0.15, 0.2) is 17.1 Å². The van der Waals surface area contributed by atoms with Crippen LogP contribution in [0.4, 0.5) is 5.69 Å². The number of nitrogens with one attached hydrogen (secondary N) is 1. The summed E-state index contributed by atoms with van der Waals surface area (Å²) in [5, 5.41) is 10.3. The Balaban J connectivity index is 2.94. The van der Waals surface area contributed by atoms with Crippen LogP contribution in [0.3, 0.4) is 0 Å². The third kappa shape index (κ3) is 2.45. The summed E-state index contributed by atoms with van der Waals surface area (Å²) in [5.41, 5.74) is -0.0253. The number of hydroxylamine groups is 1. The highest BCUT2D eigenvalue weighted by molar-refractivity contribution is 6.33. The smallest absolute Gasteiger partial charge is 0.249 e. The number of pyridine rings is 1. The quantitative estimate of drug-likeness (QED) is 0.565. The van der Waals surface area contributed by atoms with Gasteiger partial charge >= 0.3 is 0 Å². The number of hydrogen-bond donors (Lipinski definition) is 2. The number of anilines is 1. The van der Waals surface area contributed by atoms with Crippen LogP contribution in [-0.2, 0) is 4.74 Å². The molecule has 0 unspecified atom stereocenters. The van der Waals surface area contributed by atoms with Crippen molar-refractivity contribution in [3.63, 3.8) is 0 Å². The SMILES string of the molecule is COCN(O)c1c[nH]c(=O)cc1Cl. The molecular weight excluding hydrogens is 196 g/mol. The molecule has 0 atom stereocenters. The van der Waals surface area contributed by atoms with E-state index in [9.17, 15) is 10.0 Å². The van der Waals surface area contributed by atoms with Crippen molar-refractivity contribution in [1.29, 1.82) is 0 Å². The van der Waals surface area contributed by atoms with Crippen LogP contribution >= 0.6 is 11.6 Å². The van der Waals surface area contributed by atoms with Gasteiger partial charge in [-0.25, -0.2) is 5.06 Å². The van der Waals surface area contributed by atoms with Gasteiger partial charge in [-0.15, -0.1) is 0 Å². The number of aromatic nitrogens is 1. The van der Waals surface area contributed by atoms with Gasteiger partial charge in [-0.3, -0.25) is 10.0 Å². The summed E-state index contributed by atoms with van der Waals surface area (Å²) in [6.07, 6.45) is 1.31. The van der Waals surface area contributed by atoms with E-state index < -0.39 is 0 Å². The fraction of sp³-hybridized carbons (Fsp3) is 0.286. The Kier molecular flexibility index (Phi) is 3.30. The van der Waals surface area contributed by atoms with Crippen molar-refractivity contribution in [3.8, 4) is 0 Å². The molecule has 0 saturated carbocycles. The fourth-order valence-corrected chi connectivity index (χ4v) is 1.08. The Morgan fingerprint density at radius 3 is 3.00 bits per heavy atom. The lowest BCUT2D eigenvalue weighted by Crippen LogP contribution is -2.22. The van der Waals surface area contributed by atoms with Gasteiger partial charge < -0.3 is 9.72 Å². The van der Waals surface area contributed by atoms with Crippen LogP contribution < -0.4 is 10.6 Å². The highest BCUT2D eigenvalue weighted by atomic mass is 35.5. The van der Waals surface area contributed by atoms with E-state index in [-0.39, 0.29) is 17.3 Å². The Hall–Kier alpha value is -1.04. The number of aromatic amines is 1. The standard InChI is InChI=1S/C7H9ClN2O3/c1-13-4-10(12)6-3-9-7(11)2-5(6)8/h2-3,12H,4H2,1H3,(H,9,11). The lowest BCUT2D eigenvalue weighted by Gasteiger charge is -2.15. The second kappa shape index (κ2) is 4.27. The van der Waals surface area contributed by atoms with Gasteiger partial charge in [-0.05, 0) is 0 Å². The Bertz CT molecular complexity index is 339. The summed E-state index contributed by atoms with van der Waals surface area (Å²) >= 11 is 5.68. The third-order valence-corrected chi connectivity index (χ3v) is 1.69. The van der Waals surface area contributed by atoms with E-state index in [1.54, 1.807) is 0 Å². The third-order valence-electron chi connectivity index (χ3n) is 1.38. The molecule has 1 aromatic heterocycles. The molecule has 0 amide bonds. The summed E-state index contributed by atoms with van der Waals surface area (Å²) < 4.78 is 4.67. The van der Waals surface area contributed by atoms with Crippen molar-refractivity contribution >= 4 is 17.3 Å². The Labute approximate surface area is 79.5 Å². The van der Waals surface area contributed by atoms with Crippen molar-refractivity contribution < 1.29 is 9.94 Å². The second-order valence-corrected chi connectivity index (χ2v) is 2.75. The van der Waals surface area contributed by atoms with Crippen LogP contribution in [0.5, 0.6) is 0 Å². The number of H-pyrrole nitrogens is 1. The minimum atomic E-state index is -0.320. The molecule has 13 heavy (non-hydrogen) atoms. The summed E-state index contributed by atoms with van der Waals surface area (Å²) in [4.78, 5) is 13.1. The molecule has 5 nitrogen and oxygen atoms in total. The first kappa shape index (κ1) is 10.0. The first-order valence-corrected chi connectivity index (χ1v) is 3.86. The van der Waals surface area contributed by atoms with Gasteiger partial charge in [0.2, 0.25) is 5.56 Å². The zero-order valence-electron chi connectivity index (χ0n) is 6.95. The Morgan fingerprint density at radius 1 is 1.77 bits per heavy atom. The molecule has 0 aromatic carbocycles. The van der Waals surface area contributed by atoms with Crippen molar-refractivity contribution in [2.45, 2.75) is 0 Å². The molecule has 1 rings (SSSR count). The van der Waals surface area contributed by atoms with E-state index in [4.69, 9.17) is 11.6 Å². The predicted molar refractivity (Wildman–Crippen MR) is 48.2 cm³/mol. The van der Waals surface area contributed by atoms with Crippen LogP contribution in [-0.4, -0.2) is 24.0 Å². The van der Waals surface area contributed by atoms with Crippen LogP contribution in [0.1, 0.15) is 0 Å². The van der Waals surface area contributed by atoms with E-state index >= 15 is 0 Å².